The van der Waals surface area contributed by atoms with Crippen molar-refractivity contribution in [3.8, 4) is 17.6 Å². The summed E-state index contributed by atoms with van der Waals surface area (Å²) in [6.45, 7) is 3.45. The number of aliphatic hydroxyl groups is 1. The summed E-state index contributed by atoms with van der Waals surface area (Å²) < 4.78 is 12.9. The van der Waals surface area contributed by atoms with Gasteiger partial charge in [0.25, 0.3) is 5.91 Å². The number of pyridine rings is 1. The molecule has 0 aliphatic carbocycles. The number of aliphatic hydroxyl groups excluding tert-OH is 1. The van der Waals surface area contributed by atoms with E-state index in [-0.39, 0.29) is 25.7 Å². The second-order valence-electron chi connectivity index (χ2n) is 7.65. The largest absolute Gasteiger partial charge is 0.461 e. The van der Waals surface area contributed by atoms with Gasteiger partial charge in [0.1, 0.15) is 17.5 Å². The fourth-order valence-electron chi connectivity index (χ4n) is 3.37. The third kappa shape index (κ3) is 5.24. The van der Waals surface area contributed by atoms with E-state index >= 15 is 0 Å². The predicted molar refractivity (Wildman–Crippen MR) is 126 cm³/mol. The average molecular weight is 473 g/mol. The summed E-state index contributed by atoms with van der Waals surface area (Å²) in [6.07, 6.45) is 3.40. The Labute approximate surface area is 201 Å². The number of hydrogen-bond donors (Lipinski definition) is 2. The number of nitrogens with zero attached hydrogens (tertiary/aromatic N) is 6. The lowest BCUT2D eigenvalue weighted by molar-refractivity contribution is -0.125. The maximum absolute atomic E-state index is 13.0. The van der Waals surface area contributed by atoms with Crippen LogP contribution in [0.15, 0.2) is 49.1 Å². The van der Waals surface area contributed by atoms with Crippen molar-refractivity contribution in [1.82, 2.24) is 24.7 Å². The third-order valence-electron chi connectivity index (χ3n) is 5.20. The average Bonchev–Trinajstić information content (AvgIpc) is 3.30. The van der Waals surface area contributed by atoms with E-state index < -0.39 is 12.0 Å². The van der Waals surface area contributed by atoms with Gasteiger partial charge in [0.05, 0.1) is 43.3 Å². The van der Waals surface area contributed by atoms with Crippen LogP contribution in [0.3, 0.4) is 0 Å². The summed E-state index contributed by atoms with van der Waals surface area (Å²) in [4.78, 5) is 25.7. The van der Waals surface area contributed by atoms with Crippen molar-refractivity contribution in [3.05, 3.63) is 65.7 Å². The number of carbonyl (C=O) groups is 1. The minimum Gasteiger partial charge on any atom is -0.461 e. The van der Waals surface area contributed by atoms with Crippen LogP contribution in [-0.4, -0.2) is 61.7 Å². The second-order valence-corrected chi connectivity index (χ2v) is 7.65. The molecule has 3 heterocycles. The van der Waals surface area contributed by atoms with Crippen molar-refractivity contribution in [2.45, 2.75) is 20.0 Å². The Hall–Kier alpha value is -4.40. The van der Waals surface area contributed by atoms with E-state index in [0.29, 0.717) is 28.1 Å². The molecule has 3 aromatic heterocycles. The molecule has 1 amide bonds. The molecule has 0 saturated heterocycles. The van der Waals surface area contributed by atoms with Crippen LogP contribution in [0.2, 0.25) is 0 Å². The Kier molecular flexibility index (Phi) is 7.25. The Morgan fingerprint density at radius 2 is 2.06 bits per heavy atom. The SMILES string of the molecule is Cc1ccc(NC(=O)C(COCCO)Oc2ncnc3c2cnn3-c2cccc(C#N)c2C)nc1. The minimum absolute atomic E-state index is 0.0432. The summed E-state index contributed by atoms with van der Waals surface area (Å²) in [5.74, 6) is 0.0147. The van der Waals surface area contributed by atoms with Gasteiger partial charge in [-0.25, -0.2) is 19.6 Å². The molecule has 1 unspecified atom stereocenters. The summed E-state index contributed by atoms with van der Waals surface area (Å²) in [5, 5.41) is 26.0. The van der Waals surface area contributed by atoms with E-state index in [1.165, 1.54) is 12.5 Å². The summed E-state index contributed by atoms with van der Waals surface area (Å²) >= 11 is 0. The van der Waals surface area contributed by atoms with Gasteiger partial charge < -0.3 is 19.9 Å². The number of aromatic nitrogens is 5. The summed E-state index contributed by atoms with van der Waals surface area (Å²) in [7, 11) is 0. The van der Waals surface area contributed by atoms with Crippen LogP contribution in [0.25, 0.3) is 16.7 Å². The fourth-order valence-corrected chi connectivity index (χ4v) is 3.37. The molecule has 0 spiro atoms. The molecular weight excluding hydrogens is 450 g/mol. The summed E-state index contributed by atoms with van der Waals surface area (Å²) in [5.41, 5.74) is 3.37. The number of ether oxygens (including phenoxy) is 2. The van der Waals surface area contributed by atoms with Crippen LogP contribution in [0.4, 0.5) is 5.82 Å². The molecule has 178 valence electrons. The number of anilines is 1. The zero-order chi connectivity index (χ0) is 24.8. The molecule has 35 heavy (non-hydrogen) atoms. The molecule has 11 heteroatoms. The van der Waals surface area contributed by atoms with Crippen molar-refractivity contribution < 1.29 is 19.4 Å². The molecule has 0 aliphatic rings. The number of amides is 1. The molecule has 2 N–H and O–H groups in total. The molecule has 4 rings (SSSR count). The monoisotopic (exact) mass is 473 g/mol. The molecule has 0 bridgehead atoms. The van der Waals surface area contributed by atoms with Gasteiger partial charge in [-0.1, -0.05) is 12.1 Å². The van der Waals surface area contributed by atoms with Crippen molar-refractivity contribution >= 4 is 22.8 Å². The lowest BCUT2D eigenvalue weighted by atomic mass is 10.1. The number of nitrogens with one attached hydrogen (secondary N) is 1. The first-order valence-corrected chi connectivity index (χ1v) is 10.8. The highest BCUT2D eigenvalue weighted by molar-refractivity contribution is 5.94. The van der Waals surface area contributed by atoms with Gasteiger partial charge >= 0.3 is 0 Å². The standard InChI is InChI=1S/C24H23N7O4/c1-15-6-7-21(26-11-15)30-23(33)20(13-34-9-8-32)35-24-18-12-29-31(22(18)27-14-28-24)19-5-3-4-17(10-25)16(19)2/h3-7,11-12,14,20,32H,8-9,13H2,1-2H3,(H,26,30,33). The first-order valence-electron chi connectivity index (χ1n) is 10.8. The topological polar surface area (TPSA) is 148 Å². The molecule has 0 fully saturated rings. The van der Waals surface area contributed by atoms with Gasteiger partial charge in [-0.2, -0.15) is 10.4 Å². The van der Waals surface area contributed by atoms with Gasteiger partial charge in [0.15, 0.2) is 5.65 Å². The molecular formula is C24H23N7O4. The number of hydrogen-bond acceptors (Lipinski definition) is 9. The van der Waals surface area contributed by atoms with E-state index in [0.717, 1.165) is 11.1 Å². The zero-order valence-corrected chi connectivity index (χ0v) is 19.2. The van der Waals surface area contributed by atoms with Crippen molar-refractivity contribution in [2.24, 2.45) is 0 Å². The highest BCUT2D eigenvalue weighted by atomic mass is 16.5. The number of carbonyl (C=O) groups excluding carboxylic acids is 1. The van der Waals surface area contributed by atoms with Crippen LogP contribution in [0.1, 0.15) is 16.7 Å². The first kappa shape index (κ1) is 23.7. The molecule has 1 atom stereocenters. The summed E-state index contributed by atoms with van der Waals surface area (Å²) in [6, 6.07) is 11.0. The molecule has 0 radical (unpaired) electrons. The fraction of sp³-hybridized carbons (Fsp3) is 0.250. The number of fused-ring (bicyclic) bond motifs is 1. The lowest BCUT2D eigenvalue weighted by Crippen LogP contribution is -2.37. The van der Waals surface area contributed by atoms with Crippen LogP contribution < -0.4 is 10.1 Å². The normalized spacial score (nSPS) is 11.7. The Balaban J connectivity index is 1.64. The number of rotatable bonds is 9. The van der Waals surface area contributed by atoms with Gasteiger partial charge in [-0.3, -0.25) is 4.79 Å². The quantitative estimate of drug-likeness (QED) is 0.349. The van der Waals surface area contributed by atoms with Gasteiger partial charge in [-0.05, 0) is 43.2 Å². The number of nitriles is 1. The molecule has 11 nitrogen and oxygen atoms in total. The van der Waals surface area contributed by atoms with Crippen molar-refractivity contribution in [1.29, 1.82) is 5.26 Å². The second kappa shape index (κ2) is 10.7. The van der Waals surface area contributed by atoms with Gasteiger partial charge in [0.2, 0.25) is 12.0 Å². The number of benzene rings is 1. The number of aryl methyl sites for hydroxylation is 1. The van der Waals surface area contributed by atoms with Gasteiger partial charge in [0, 0.05) is 6.20 Å². The van der Waals surface area contributed by atoms with E-state index in [9.17, 15) is 10.1 Å². The molecule has 1 aromatic carbocycles. The zero-order valence-electron chi connectivity index (χ0n) is 19.2. The highest BCUT2D eigenvalue weighted by Crippen LogP contribution is 2.26. The van der Waals surface area contributed by atoms with Crippen LogP contribution in [0, 0.1) is 25.2 Å². The molecule has 0 saturated carbocycles. The van der Waals surface area contributed by atoms with E-state index in [4.69, 9.17) is 14.6 Å². The van der Waals surface area contributed by atoms with E-state index in [1.807, 2.05) is 26.0 Å². The van der Waals surface area contributed by atoms with Gasteiger partial charge in [-0.15, -0.1) is 0 Å². The van der Waals surface area contributed by atoms with Crippen molar-refractivity contribution in [2.75, 3.05) is 25.1 Å². The Bertz CT molecular complexity index is 1380. The van der Waals surface area contributed by atoms with Crippen LogP contribution in [0.5, 0.6) is 5.88 Å². The first-order chi connectivity index (χ1) is 17.0. The lowest BCUT2D eigenvalue weighted by Gasteiger charge is -2.18. The maximum Gasteiger partial charge on any atom is 0.269 e. The predicted octanol–water partition coefficient (Wildman–Crippen LogP) is 2.09. The maximum atomic E-state index is 13.0. The smallest absolute Gasteiger partial charge is 0.269 e. The third-order valence-corrected chi connectivity index (χ3v) is 5.20. The Morgan fingerprint density at radius 3 is 2.80 bits per heavy atom. The van der Waals surface area contributed by atoms with E-state index in [1.54, 1.807) is 29.1 Å². The van der Waals surface area contributed by atoms with Crippen molar-refractivity contribution in [3.63, 3.8) is 0 Å². The Morgan fingerprint density at radius 1 is 1.20 bits per heavy atom. The van der Waals surface area contributed by atoms with Crippen LogP contribution in [-0.2, 0) is 9.53 Å². The van der Waals surface area contributed by atoms with E-state index in [2.05, 4.69) is 31.4 Å². The minimum atomic E-state index is -1.09. The molecule has 4 aromatic rings. The van der Waals surface area contributed by atoms with Crippen LogP contribution >= 0.6 is 0 Å². The molecule has 0 aliphatic heterocycles. The highest BCUT2D eigenvalue weighted by Gasteiger charge is 2.24.